The quantitative estimate of drug-likeness (QED) is 0.904. The summed E-state index contributed by atoms with van der Waals surface area (Å²) >= 11 is 0. The Morgan fingerprint density at radius 3 is 2.30 bits per heavy atom. The number of rotatable bonds is 4. The zero-order valence-electron chi connectivity index (χ0n) is 11.0. The molecule has 0 saturated heterocycles. The molecule has 1 aromatic heterocycles. The van der Waals surface area contributed by atoms with Gasteiger partial charge < -0.3 is 5.32 Å². The first-order valence-electron chi connectivity index (χ1n) is 6.34. The Kier molecular flexibility index (Phi) is 4.27. The standard InChI is InChI=1S/C15H15F3N2/c1-2-11-5-3-4-6-12(11)9-19-13-7-8-14(20-10-13)15(16,17)18/h3-8,10,19H,2,9H2,1H3. The third-order valence-corrected chi connectivity index (χ3v) is 3.04. The summed E-state index contributed by atoms with van der Waals surface area (Å²) in [6.45, 7) is 2.63. The molecule has 0 radical (unpaired) electrons. The number of hydrogen-bond acceptors (Lipinski definition) is 2. The van der Waals surface area contributed by atoms with Crippen LogP contribution in [0.2, 0.25) is 0 Å². The van der Waals surface area contributed by atoms with Crippen LogP contribution in [-0.2, 0) is 19.1 Å². The molecule has 0 unspecified atom stereocenters. The Hall–Kier alpha value is -2.04. The number of pyridine rings is 1. The van der Waals surface area contributed by atoms with Crippen LogP contribution in [0, 0.1) is 0 Å². The monoisotopic (exact) mass is 280 g/mol. The van der Waals surface area contributed by atoms with Crippen molar-refractivity contribution in [1.29, 1.82) is 0 Å². The molecule has 5 heteroatoms. The fraction of sp³-hybridized carbons (Fsp3) is 0.267. The van der Waals surface area contributed by atoms with Gasteiger partial charge in [-0.05, 0) is 29.7 Å². The maximum absolute atomic E-state index is 12.4. The van der Waals surface area contributed by atoms with Crippen molar-refractivity contribution in [1.82, 2.24) is 4.98 Å². The minimum atomic E-state index is -4.40. The Morgan fingerprint density at radius 2 is 1.75 bits per heavy atom. The van der Waals surface area contributed by atoms with Crippen LogP contribution in [0.5, 0.6) is 0 Å². The molecule has 0 aliphatic heterocycles. The summed E-state index contributed by atoms with van der Waals surface area (Å²) in [5.41, 5.74) is 2.05. The number of anilines is 1. The van der Waals surface area contributed by atoms with Gasteiger partial charge in [-0.2, -0.15) is 13.2 Å². The molecule has 0 spiro atoms. The molecule has 0 saturated carbocycles. The summed E-state index contributed by atoms with van der Waals surface area (Å²) in [5, 5.41) is 3.08. The van der Waals surface area contributed by atoms with E-state index in [-0.39, 0.29) is 0 Å². The number of aromatic nitrogens is 1. The van der Waals surface area contributed by atoms with Crippen molar-refractivity contribution in [3.05, 3.63) is 59.4 Å². The van der Waals surface area contributed by atoms with E-state index in [0.717, 1.165) is 18.1 Å². The van der Waals surface area contributed by atoms with E-state index in [1.807, 2.05) is 24.3 Å². The molecule has 1 heterocycles. The van der Waals surface area contributed by atoms with E-state index in [0.29, 0.717) is 12.2 Å². The van der Waals surface area contributed by atoms with Crippen LogP contribution in [0.1, 0.15) is 23.7 Å². The van der Waals surface area contributed by atoms with E-state index in [4.69, 9.17) is 0 Å². The highest BCUT2D eigenvalue weighted by molar-refractivity contribution is 5.43. The van der Waals surface area contributed by atoms with Gasteiger partial charge >= 0.3 is 6.18 Å². The largest absolute Gasteiger partial charge is 0.433 e. The van der Waals surface area contributed by atoms with E-state index < -0.39 is 11.9 Å². The summed E-state index contributed by atoms with van der Waals surface area (Å²) in [7, 11) is 0. The van der Waals surface area contributed by atoms with Crippen LogP contribution in [0.3, 0.4) is 0 Å². The molecule has 1 N–H and O–H groups in total. The molecule has 0 aliphatic rings. The predicted octanol–water partition coefficient (Wildman–Crippen LogP) is 4.27. The van der Waals surface area contributed by atoms with Gasteiger partial charge in [-0.1, -0.05) is 31.2 Å². The lowest BCUT2D eigenvalue weighted by molar-refractivity contribution is -0.141. The predicted molar refractivity (Wildman–Crippen MR) is 72.4 cm³/mol. The van der Waals surface area contributed by atoms with Crippen molar-refractivity contribution < 1.29 is 13.2 Å². The van der Waals surface area contributed by atoms with Gasteiger partial charge in [0, 0.05) is 6.54 Å². The van der Waals surface area contributed by atoms with Gasteiger partial charge in [0.1, 0.15) is 5.69 Å². The SMILES string of the molecule is CCc1ccccc1CNc1ccc(C(F)(F)F)nc1. The average molecular weight is 280 g/mol. The van der Waals surface area contributed by atoms with Crippen molar-refractivity contribution in [3.63, 3.8) is 0 Å². The van der Waals surface area contributed by atoms with Gasteiger partial charge in [0.05, 0.1) is 11.9 Å². The number of benzene rings is 1. The Bertz CT molecular complexity index is 562. The molecule has 20 heavy (non-hydrogen) atoms. The molecule has 1 aromatic carbocycles. The van der Waals surface area contributed by atoms with Crippen molar-refractivity contribution in [3.8, 4) is 0 Å². The molecule has 0 amide bonds. The average Bonchev–Trinajstić information content (AvgIpc) is 2.45. The molecule has 0 bridgehead atoms. The van der Waals surface area contributed by atoms with Gasteiger partial charge in [0.25, 0.3) is 0 Å². The minimum Gasteiger partial charge on any atom is -0.380 e. The maximum Gasteiger partial charge on any atom is 0.433 e. The van der Waals surface area contributed by atoms with E-state index >= 15 is 0 Å². The van der Waals surface area contributed by atoms with Crippen LogP contribution >= 0.6 is 0 Å². The number of hydrogen-bond donors (Lipinski definition) is 1. The Morgan fingerprint density at radius 1 is 1.05 bits per heavy atom. The van der Waals surface area contributed by atoms with Crippen LogP contribution in [0.25, 0.3) is 0 Å². The number of alkyl halides is 3. The molecule has 2 aromatic rings. The number of aryl methyl sites for hydroxylation is 1. The third kappa shape index (κ3) is 3.50. The zero-order chi connectivity index (χ0) is 14.6. The lowest BCUT2D eigenvalue weighted by Crippen LogP contribution is -2.08. The summed E-state index contributed by atoms with van der Waals surface area (Å²) in [4.78, 5) is 3.42. The van der Waals surface area contributed by atoms with E-state index in [2.05, 4.69) is 17.2 Å². The molecular formula is C15H15F3N2. The van der Waals surface area contributed by atoms with Crippen LogP contribution in [-0.4, -0.2) is 4.98 Å². The van der Waals surface area contributed by atoms with Crippen LogP contribution < -0.4 is 5.32 Å². The van der Waals surface area contributed by atoms with Gasteiger partial charge in [0.2, 0.25) is 0 Å². The second-order valence-electron chi connectivity index (χ2n) is 4.41. The zero-order valence-corrected chi connectivity index (χ0v) is 11.0. The van der Waals surface area contributed by atoms with Crippen molar-refractivity contribution in [2.24, 2.45) is 0 Å². The molecule has 106 valence electrons. The van der Waals surface area contributed by atoms with E-state index in [1.54, 1.807) is 0 Å². The minimum absolute atomic E-state index is 0.567. The number of nitrogens with zero attached hydrogens (tertiary/aromatic N) is 1. The first-order chi connectivity index (χ1) is 9.50. The summed E-state index contributed by atoms with van der Waals surface area (Å²) in [6, 6.07) is 10.3. The lowest BCUT2D eigenvalue weighted by atomic mass is 10.1. The highest BCUT2D eigenvalue weighted by Crippen LogP contribution is 2.27. The van der Waals surface area contributed by atoms with Crippen molar-refractivity contribution in [2.45, 2.75) is 26.1 Å². The van der Waals surface area contributed by atoms with Gasteiger partial charge in [0.15, 0.2) is 0 Å². The van der Waals surface area contributed by atoms with E-state index in [9.17, 15) is 13.2 Å². The second-order valence-corrected chi connectivity index (χ2v) is 4.41. The van der Waals surface area contributed by atoms with Crippen molar-refractivity contribution >= 4 is 5.69 Å². The summed E-state index contributed by atoms with van der Waals surface area (Å²) < 4.78 is 37.2. The normalized spacial score (nSPS) is 11.4. The highest BCUT2D eigenvalue weighted by Gasteiger charge is 2.31. The molecular weight excluding hydrogens is 265 g/mol. The molecule has 0 atom stereocenters. The fourth-order valence-corrected chi connectivity index (χ4v) is 1.94. The first-order valence-corrected chi connectivity index (χ1v) is 6.34. The highest BCUT2D eigenvalue weighted by atomic mass is 19.4. The summed E-state index contributed by atoms with van der Waals surface area (Å²) in [5.74, 6) is 0. The fourth-order valence-electron chi connectivity index (χ4n) is 1.94. The first kappa shape index (κ1) is 14.4. The molecule has 2 nitrogen and oxygen atoms in total. The maximum atomic E-state index is 12.4. The Balaban J connectivity index is 2.04. The van der Waals surface area contributed by atoms with Crippen LogP contribution in [0.4, 0.5) is 18.9 Å². The molecule has 0 aliphatic carbocycles. The lowest BCUT2D eigenvalue weighted by Gasteiger charge is -2.11. The van der Waals surface area contributed by atoms with E-state index in [1.165, 1.54) is 17.8 Å². The van der Waals surface area contributed by atoms with Crippen molar-refractivity contribution in [2.75, 3.05) is 5.32 Å². The van der Waals surface area contributed by atoms with Crippen LogP contribution in [0.15, 0.2) is 42.6 Å². The van der Waals surface area contributed by atoms with Gasteiger partial charge in [-0.15, -0.1) is 0 Å². The molecule has 0 fully saturated rings. The van der Waals surface area contributed by atoms with Gasteiger partial charge in [-0.3, -0.25) is 0 Å². The molecule has 2 rings (SSSR count). The summed E-state index contributed by atoms with van der Waals surface area (Å²) in [6.07, 6.45) is -2.27. The second kappa shape index (κ2) is 5.94. The van der Waals surface area contributed by atoms with Gasteiger partial charge in [-0.25, -0.2) is 4.98 Å². The Labute approximate surface area is 115 Å². The topological polar surface area (TPSA) is 24.9 Å². The number of nitrogens with one attached hydrogen (secondary N) is 1. The smallest absolute Gasteiger partial charge is 0.380 e. The number of halogens is 3. The third-order valence-electron chi connectivity index (χ3n) is 3.04.